The third kappa shape index (κ3) is 3.86. The molecular formula is C15H14N3O2+. The van der Waals surface area contributed by atoms with E-state index in [1.165, 1.54) is 12.1 Å². The van der Waals surface area contributed by atoms with Crippen molar-refractivity contribution < 1.29 is 9.90 Å². The number of carbonyl (C=O) groups is 1. The number of rotatable bonds is 4. The Kier molecular flexibility index (Phi) is 4.76. The van der Waals surface area contributed by atoms with Crippen molar-refractivity contribution in [1.29, 1.82) is 0 Å². The molecule has 2 rings (SSSR count). The number of aromatic hydroxyl groups is 1. The lowest BCUT2D eigenvalue weighted by molar-refractivity contribution is 0.0990. The van der Waals surface area contributed by atoms with E-state index in [2.05, 4.69) is 15.1 Å². The summed E-state index contributed by atoms with van der Waals surface area (Å²) in [7, 11) is 0. The normalized spacial score (nSPS) is 9.60. The SMILES string of the molecule is O=C(N=[N+]=NCCc1ccccc1)c1ccccc1O. The molecule has 0 fully saturated rings. The molecule has 0 atom stereocenters. The fraction of sp³-hybridized carbons (Fsp3) is 0.133. The zero-order valence-electron chi connectivity index (χ0n) is 10.8. The van der Waals surface area contributed by atoms with Gasteiger partial charge in [0.1, 0.15) is 17.4 Å². The average molecular weight is 268 g/mol. The number of phenols is 1. The first-order chi connectivity index (χ1) is 9.77. The van der Waals surface area contributed by atoms with Crippen LogP contribution in [0.15, 0.2) is 64.8 Å². The summed E-state index contributed by atoms with van der Waals surface area (Å²) >= 11 is 0. The topological polar surface area (TPSA) is 76.1 Å². The van der Waals surface area contributed by atoms with Gasteiger partial charge in [-0.3, -0.25) is 4.79 Å². The van der Waals surface area contributed by atoms with Gasteiger partial charge in [0.05, 0.1) is 5.56 Å². The van der Waals surface area contributed by atoms with Gasteiger partial charge in [-0.15, -0.1) is 0 Å². The van der Waals surface area contributed by atoms with Crippen molar-refractivity contribution in [3.8, 4) is 5.75 Å². The Labute approximate surface area is 116 Å². The van der Waals surface area contributed by atoms with Crippen LogP contribution < -0.4 is 4.91 Å². The van der Waals surface area contributed by atoms with Gasteiger partial charge in [-0.25, -0.2) is 0 Å². The predicted molar refractivity (Wildman–Crippen MR) is 74.4 cm³/mol. The van der Waals surface area contributed by atoms with Crippen molar-refractivity contribution in [3.05, 3.63) is 65.7 Å². The van der Waals surface area contributed by atoms with Crippen LogP contribution in [-0.4, -0.2) is 17.6 Å². The Hall–Kier alpha value is -2.78. The van der Waals surface area contributed by atoms with Crippen LogP contribution in [0.5, 0.6) is 5.75 Å². The highest BCUT2D eigenvalue weighted by Crippen LogP contribution is 2.15. The second-order valence-electron chi connectivity index (χ2n) is 4.11. The molecule has 0 aliphatic carbocycles. The average Bonchev–Trinajstić information content (AvgIpc) is 2.48. The van der Waals surface area contributed by atoms with Crippen molar-refractivity contribution in [2.45, 2.75) is 6.42 Å². The summed E-state index contributed by atoms with van der Waals surface area (Å²) in [5.74, 6) is -0.715. The number of phenolic OH excluding ortho intramolecular Hbond substituents is 1. The first-order valence-corrected chi connectivity index (χ1v) is 6.21. The minimum Gasteiger partial charge on any atom is -0.507 e. The molecule has 2 aromatic rings. The maximum absolute atomic E-state index is 11.6. The molecule has 0 saturated carbocycles. The van der Waals surface area contributed by atoms with Crippen molar-refractivity contribution in [3.63, 3.8) is 0 Å². The second kappa shape index (κ2) is 6.97. The molecule has 0 spiro atoms. The van der Waals surface area contributed by atoms with Crippen molar-refractivity contribution in [2.75, 3.05) is 6.54 Å². The number of benzene rings is 2. The Morgan fingerprint density at radius 3 is 2.50 bits per heavy atom. The van der Waals surface area contributed by atoms with Gasteiger partial charge < -0.3 is 5.11 Å². The molecule has 0 aliphatic heterocycles. The zero-order chi connectivity index (χ0) is 14.2. The second-order valence-corrected chi connectivity index (χ2v) is 4.11. The predicted octanol–water partition coefficient (Wildman–Crippen LogP) is 2.75. The molecule has 1 N–H and O–H groups in total. The fourth-order valence-corrected chi connectivity index (χ4v) is 1.65. The van der Waals surface area contributed by atoms with Crippen LogP contribution in [-0.2, 0) is 6.42 Å². The highest BCUT2D eigenvalue weighted by Gasteiger charge is 2.13. The monoisotopic (exact) mass is 268 g/mol. The minimum absolute atomic E-state index is 0.110. The quantitative estimate of drug-likeness (QED) is 0.683. The highest BCUT2D eigenvalue weighted by molar-refractivity contribution is 5.96. The summed E-state index contributed by atoms with van der Waals surface area (Å²) in [6, 6.07) is 16.1. The standard InChI is InChI=1S/C15H13N3O2/c19-14-9-5-4-8-13(14)15(20)17-18-16-11-10-12-6-2-1-3-7-12/h1-9H,10-11H2/p+1. The molecule has 100 valence electrons. The number of nitrogens with zero attached hydrogens (tertiary/aromatic N) is 3. The first-order valence-electron chi connectivity index (χ1n) is 6.21. The van der Waals surface area contributed by atoms with E-state index in [0.29, 0.717) is 6.54 Å². The van der Waals surface area contributed by atoms with E-state index < -0.39 is 5.91 Å². The summed E-state index contributed by atoms with van der Waals surface area (Å²) in [5, 5.41) is 16.7. The lowest BCUT2D eigenvalue weighted by Crippen LogP contribution is -1.95. The lowest BCUT2D eigenvalue weighted by Gasteiger charge is -1.93. The molecule has 0 aromatic heterocycles. The van der Waals surface area contributed by atoms with Gasteiger partial charge in [-0.1, -0.05) is 42.5 Å². The van der Waals surface area contributed by atoms with Crippen LogP contribution in [0.4, 0.5) is 0 Å². The maximum atomic E-state index is 11.6. The van der Waals surface area contributed by atoms with Crippen LogP contribution in [0.1, 0.15) is 15.9 Å². The van der Waals surface area contributed by atoms with E-state index in [1.807, 2.05) is 30.3 Å². The summed E-state index contributed by atoms with van der Waals surface area (Å²) in [5.41, 5.74) is 1.27. The molecule has 0 heterocycles. The molecule has 1 amide bonds. The van der Waals surface area contributed by atoms with E-state index in [-0.39, 0.29) is 11.3 Å². The van der Waals surface area contributed by atoms with Gasteiger partial charge in [0, 0.05) is 0 Å². The molecule has 20 heavy (non-hydrogen) atoms. The van der Waals surface area contributed by atoms with Gasteiger partial charge in [0.2, 0.25) is 10.0 Å². The summed E-state index contributed by atoms with van der Waals surface area (Å²) in [6.45, 7) is 0.460. The lowest BCUT2D eigenvalue weighted by atomic mass is 10.2. The Bertz CT molecular complexity index is 647. The number of hydrogen-bond acceptors (Lipinski definition) is 3. The largest absolute Gasteiger partial charge is 0.507 e. The van der Waals surface area contributed by atoms with Crippen molar-refractivity contribution in [2.24, 2.45) is 10.2 Å². The number of para-hydroxylation sites is 1. The third-order valence-corrected chi connectivity index (χ3v) is 2.68. The Morgan fingerprint density at radius 2 is 1.75 bits per heavy atom. The van der Waals surface area contributed by atoms with Gasteiger partial charge >= 0.3 is 5.91 Å². The summed E-state index contributed by atoms with van der Waals surface area (Å²) in [4.78, 5) is 15.1. The van der Waals surface area contributed by atoms with E-state index in [1.54, 1.807) is 12.1 Å². The van der Waals surface area contributed by atoms with E-state index in [9.17, 15) is 9.90 Å². The zero-order valence-corrected chi connectivity index (χ0v) is 10.8. The molecule has 0 unspecified atom stereocenters. The molecule has 0 aliphatic rings. The molecule has 0 bridgehead atoms. The van der Waals surface area contributed by atoms with Crippen molar-refractivity contribution in [1.82, 2.24) is 4.91 Å². The summed E-state index contributed by atoms with van der Waals surface area (Å²) < 4.78 is 0. The highest BCUT2D eigenvalue weighted by atomic mass is 16.3. The third-order valence-electron chi connectivity index (χ3n) is 2.68. The molecule has 0 saturated heterocycles. The number of amides is 1. The van der Waals surface area contributed by atoms with Crippen LogP contribution in [0.2, 0.25) is 0 Å². The number of hydrogen-bond donors (Lipinski definition) is 1. The van der Waals surface area contributed by atoms with E-state index in [0.717, 1.165) is 12.0 Å². The Morgan fingerprint density at radius 1 is 1.05 bits per heavy atom. The fourth-order valence-electron chi connectivity index (χ4n) is 1.65. The van der Waals surface area contributed by atoms with Crippen LogP contribution in [0, 0.1) is 0 Å². The van der Waals surface area contributed by atoms with Crippen molar-refractivity contribution >= 4 is 5.91 Å². The van der Waals surface area contributed by atoms with E-state index >= 15 is 0 Å². The van der Waals surface area contributed by atoms with Gasteiger partial charge in [0.25, 0.3) is 0 Å². The Balaban J connectivity index is 1.91. The smallest absolute Gasteiger partial charge is 0.364 e. The molecule has 5 nitrogen and oxygen atoms in total. The van der Waals surface area contributed by atoms with Crippen LogP contribution in [0.25, 0.3) is 0 Å². The molecule has 0 radical (unpaired) electrons. The van der Waals surface area contributed by atoms with E-state index in [4.69, 9.17) is 0 Å². The van der Waals surface area contributed by atoms with Gasteiger partial charge in [0.15, 0.2) is 0 Å². The minimum atomic E-state index is -0.605. The van der Waals surface area contributed by atoms with Gasteiger partial charge in [-0.2, -0.15) is 0 Å². The molecule has 5 heteroatoms. The van der Waals surface area contributed by atoms with Gasteiger partial charge in [-0.05, 0) is 24.1 Å². The molecular weight excluding hydrogens is 254 g/mol. The number of carbonyl (C=O) groups excluding carboxylic acids is 1. The van der Waals surface area contributed by atoms with Crippen LogP contribution >= 0.6 is 0 Å². The summed E-state index contributed by atoms with van der Waals surface area (Å²) in [6.07, 6.45) is 0.741. The maximum Gasteiger partial charge on any atom is 0.364 e. The van der Waals surface area contributed by atoms with Crippen LogP contribution in [0.3, 0.4) is 0 Å². The molecule has 2 aromatic carbocycles. The first kappa shape index (κ1) is 13.6.